The molecule has 0 aliphatic rings. The summed E-state index contributed by atoms with van der Waals surface area (Å²) in [6.45, 7) is 0.944. The molecule has 2 N–H and O–H groups in total. The molecule has 0 saturated carbocycles. The lowest BCUT2D eigenvalue weighted by Crippen LogP contribution is -2.02. The summed E-state index contributed by atoms with van der Waals surface area (Å²) in [5.74, 6) is -0.192. The van der Waals surface area contributed by atoms with Crippen LogP contribution in [0, 0.1) is 5.82 Å². The van der Waals surface area contributed by atoms with E-state index >= 15 is 0 Å². The summed E-state index contributed by atoms with van der Waals surface area (Å²) >= 11 is 0. The molecule has 4 aromatic rings. The average molecular weight is 373 g/mol. The van der Waals surface area contributed by atoms with Crippen LogP contribution in [0.3, 0.4) is 0 Å². The van der Waals surface area contributed by atoms with Crippen LogP contribution in [0.5, 0.6) is 0 Å². The first-order valence-electron chi connectivity index (χ1n) is 9.76. The van der Waals surface area contributed by atoms with E-state index in [1.807, 2.05) is 24.3 Å². The van der Waals surface area contributed by atoms with Gasteiger partial charge in [0.15, 0.2) is 0 Å². The maximum atomic E-state index is 13.2. The minimum atomic E-state index is -0.192. The molecule has 4 heteroatoms. The Morgan fingerprint density at radius 3 is 2.50 bits per heavy atom. The van der Waals surface area contributed by atoms with Gasteiger partial charge in [-0.25, -0.2) is 4.39 Å². The molecule has 3 nitrogen and oxygen atoms in total. The molecule has 0 radical (unpaired) electrons. The molecule has 0 fully saturated rings. The van der Waals surface area contributed by atoms with Gasteiger partial charge in [-0.15, -0.1) is 0 Å². The summed E-state index contributed by atoms with van der Waals surface area (Å²) in [5, 5.41) is 4.73. The lowest BCUT2D eigenvalue weighted by Gasteiger charge is -2.08. The zero-order valence-electron chi connectivity index (χ0n) is 15.8. The highest BCUT2D eigenvalue weighted by Gasteiger charge is 2.11. The zero-order valence-corrected chi connectivity index (χ0v) is 15.8. The monoisotopic (exact) mass is 373 g/mol. The van der Waals surface area contributed by atoms with E-state index in [4.69, 9.17) is 0 Å². The van der Waals surface area contributed by atoms with Crippen molar-refractivity contribution in [3.05, 3.63) is 95.7 Å². The first-order chi connectivity index (χ1) is 13.8. The van der Waals surface area contributed by atoms with Gasteiger partial charge in [-0.3, -0.25) is 4.98 Å². The molecule has 2 aromatic carbocycles. The van der Waals surface area contributed by atoms with Gasteiger partial charge in [-0.05, 0) is 60.7 Å². The van der Waals surface area contributed by atoms with E-state index in [2.05, 4.69) is 39.6 Å². The minimum Gasteiger partial charge on any atom is -0.385 e. The van der Waals surface area contributed by atoms with Gasteiger partial charge in [-0.2, -0.15) is 0 Å². The van der Waals surface area contributed by atoms with Crippen LogP contribution in [-0.2, 0) is 12.8 Å². The van der Waals surface area contributed by atoms with Crippen molar-refractivity contribution < 1.29 is 4.39 Å². The Hall–Kier alpha value is -3.14. The smallest absolute Gasteiger partial charge is 0.123 e. The number of benzene rings is 2. The SMILES string of the molecule is Fc1ccc(Cc2[nH]c3ccccc3c2CCCCNc2ccncc2)cc1. The topological polar surface area (TPSA) is 40.7 Å². The Bertz CT molecular complexity index is 1020. The van der Waals surface area contributed by atoms with Crippen LogP contribution in [0.1, 0.15) is 29.7 Å². The predicted molar refractivity (Wildman–Crippen MR) is 113 cm³/mol. The van der Waals surface area contributed by atoms with Crippen molar-refractivity contribution in [2.45, 2.75) is 25.7 Å². The van der Waals surface area contributed by atoms with Crippen LogP contribution in [0.2, 0.25) is 0 Å². The first kappa shape index (κ1) is 18.2. The lowest BCUT2D eigenvalue weighted by molar-refractivity contribution is 0.627. The number of pyridine rings is 1. The second-order valence-electron chi connectivity index (χ2n) is 7.05. The van der Waals surface area contributed by atoms with Gasteiger partial charge in [0.1, 0.15) is 5.82 Å². The van der Waals surface area contributed by atoms with Crippen molar-refractivity contribution in [3.8, 4) is 0 Å². The molecule has 142 valence electrons. The molecule has 0 aliphatic carbocycles. The van der Waals surface area contributed by atoms with E-state index in [9.17, 15) is 4.39 Å². The Kier molecular flexibility index (Phi) is 5.66. The fourth-order valence-electron chi connectivity index (χ4n) is 3.63. The highest BCUT2D eigenvalue weighted by Crippen LogP contribution is 2.26. The minimum absolute atomic E-state index is 0.192. The fraction of sp³-hybridized carbons (Fsp3) is 0.208. The summed E-state index contributed by atoms with van der Waals surface area (Å²) in [6, 6.07) is 19.2. The number of para-hydroxylation sites is 1. The standard InChI is InChI=1S/C24H24FN3/c25-19-10-8-18(9-11-19)17-24-22(21-5-1-2-7-23(21)28-24)6-3-4-14-27-20-12-15-26-16-13-20/h1-2,5,7-13,15-16,28H,3-4,6,14,17H2,(H,26,27). The first-order valence-corrected chi connectivity index (χ1v) is 9.76. The van der Waals surface area contributed by atoms with Gasteiger partial charge in [0.05, 0.1) is 0 Å². The molecule has 0 unspecified atom stereocenters. The maximum absolute atomic E-state index is 13.2. The number of unbranched alkanes of at least 4 members (excludes halogenated alkanes) is 1. The van der Waals surface area contributed by atoms with Crippen LogP contribution in [0.25, 0.3) is 10.9 Å². The molecular weight excluding hydrogens is 349 g/mol. The summed E-state index contributed by atoms with van der Waals surface area (Å²) in [6.07, 6.45) is 7.62. The van der Waals surface area contributed by atoms with E-state index in [1.165, 1.54) is 34.3 Å². The maximum Gasteiger partial charge on any atom is 0.123 e. The molecule has 0 spiro atoms. The highest BCUT2D eigenvalue weighted by atomic mass is 19.1. The van der Waals surface area contributed by atoms with Gasteiger partial charge < -0.3 is 10.3 Å². The summed E-state index contributed by atoms with van der Waals surface area (Å²) < 4.78 is 13.2. The third kappa shape index (κ3) is 4.39. The van der Waals surface area contributed by atoms with Crippen LogP contribution in [0.4, 0.5) is 10.1 Å². The molecule has 4 rings (SSSR count). The number of aromatic amines is 1. The summed E-state index contributed by atoms with van der Waals surface area (Å²) in [7, 11) is 0. The van der Waals surface area contributed by atoms with Crippen molar-refractivity contribution in [1.82, 2.24) is 9.97 Å². The highest BCUT2D eigenvalue weighted by molar-refractivity contribution is 5.84. The van der Waals surface area contributed by atoms with Gasteiger partial charge >= 0.3 is 0 Å². The van der Waals surface area contributed by atoms with E-state index in [1.54, 1.807) is 12.4 Å². The molecule has 2 aromatic heterocycles. The van der Waals surface area contributed by atoms with Crippen molar-refractivity contribution in [2.75, 3.05) is 11.9 Å². The number of aryl methyl sites for hydroxylation is 1. The van der Waals surface area contributed by atoms with Gasteiger partial charge in [-0.1, -0.05) is 30.3 Å². The van der Waals surface area contributed by atoms with Gasteiger partial charge in [0.25, 0.3) is 0 Å². The van der Waals surface area contributed by atoms with Crippen LogP contribution >= 0.6 is 0 Å². The molecule has 0 aliphatic heterocycles. The number of hydrogen-bond acceptors (Lipinski definition) is 2. The Morgan fingerprint density at radius 2 is 1.68 bits per heavy atom. The molecule has 2 heterocycles. The van der Waals surface area contributed by atoms with E-state index in [-0.39, 0.29) is 5.82 Å². The molecule has 0 atom stereocenters. The molecule has 0 saturated heterocycles. The number of halogens is 1. The quantitative estimate of drug-likeness (QED) is 0.387. The van der Waals surface area contributed by atoms with Crippen LogP contribution < -0.4 is 5.32 Å². The van der Waals surface area contributed by atoms with E-state index in [0.717, 1.165) is 43.5 Å². The number of aromatic nitrogens is 2. The number of rotatable bonds is 8. The van der Waals surface area contributed by atoms with Crippen molar-refractivity contribution >= 4 is 16.6 Å². The van der Waals surface area contributed by atoms with Crippen LogP contribution in [-0.4, -0.2) is 16.5 Å². The second-order valence-corrected chi connectivity index (χ2v) is 7.05. The lowest BCUT2D eigenvalue weighted by atomic mass is 10.0. The molecular formula is C24H24FN3. The molecule has 0 bridgehead atoms. The Labute approximate surface area is 164 Å². The number of nitrogens with zero attached hydrogens (tertiary/aromatic N) is 1. The van der Waals surface area contributed by atoms with E-state index < -0.39 is 0 Å². The third-order valence-corrected chi connectivity index (χ3v) is 5.06. The third-order valence-electron chi connectivity index (χ3n) is 5.06. The van der Waals surface area contributed by atoms with Gasteiger partial charge in [0.2, 0.25) is 0 Å². The largest absolute Gasteiger partial charge is 0.385 e. The number of H-pyrrole nitrogens is 1. The number of hydrogen-bond donors (Lipinski definition) is 2. The van der Waals surface area contributed by atoms with Crippen molar-refractivity contribution in [2.24, 2.45) is 0 Å². The normalized spacial score (nSPS) is 11.0. The fourth-order valence-corrected chi connectivity index (χ4v) is 3.63. The second kappa shape index (κ2) is 8.70. The summed E-state index contributed by atoms with van der Waals surface area (Å²) in [5.41, 5.74) is 6.01. The summed E-state index contributed by atoms with van der Waals surface area (Å²) in [4.78, 5) is 7.61. The Morgan fingerprint density at radius 1 is 0.893 bits per heavy atom. The molecule has 0 amide bonds. The average Bonchev–Trinajstić information content (AvgIpc) is 3.07. The number of nitrogens with one attached hydrogen (secondary N) is 2. The van der Waals surface area contributed by atoms with Crippen molar-refractivity contribution in [3.63, 3.8) is 0 Å². The Balaban J connectivity index is 1.43. The number of anilines is 1. The van der Waals surface area contributed by atoms with Crippen LogP contribution in [0.15, 0.2) is 73.1 Å². The predicted octanol–water partition coefficient (Wildman–Crippen LogP) is 5.73. The number of fused-ring (bicyclic) bond motifs is 1. The van der Waals surface area contributed by atoms with Gasteiger partial charge in [0, 0.05) is 47.6 Å². The molecule has 28 heavy (non-hydrogen) atoms. The van der Waals surface area contributed by atoms with Crippen molar-refractivity contribution in [1.29, 1.82) is 0 Å². The zero-order chi connectivity index (χ0) is 19.2. The van der Waals surface area contributed by atoms with E-state index in [0.29, 0.717) is 0 Å².